The second kappa shape index (κ2) is 41.2. The molecule has 0 aliphatic carbocycles. The maximum absolute atomic E-state index is 12.6. The number of hydrogen-bond acceptors (Lipinski definition) is 9. The molecule has 1 unspecified atom stereocenters. The van der Waals surface area contributed by atoms with Gasteiger partial charge in [-0.05, 0) is 70.6 Å². The largest absolute Gasteiger partial charge is 0.480 e. The molecule has 0 aromatic rings. The molecule has 0 fully saturated rings. The van der Waals surface area contributed by atoms with E-state index in [2.05, 4.69) is 54.8 Å². The molecule has 11 nitrogen and oxygen atoms in total. The molecule has 0 saturated heterocycles. The van der Waals surface area contributed by atoms with Crippen LogP contribution in [0.2, 0.25) is 0 Å². The highest BCUT2D eigenvalue weighted by atomic mass is 31.2. The Balaban J connectivity index is 4.42. The van der Waals surface area contributed by atoms with Crippen LogP contribution in [0.1, 0.15) is 194 Å². The van der Waals surface area contributed by atoms with Crippen molar-refractivity contribution in [3.05, 3.63) is 48.6 Å². The van der Waals surface area contributed by atoms with E-state index >= 15 is 0 Å². The van der Waals surface area contributed by atoms with Gasteiger partial charge in [0.2, 0.25) is 0 Å². The van der Waals surface area contributed by atoms with Crippen LogP contribution in [0.25, 0.3) is 0 Å². The molecule has 0 rings (SSSR count). The number of nitrogens with two attached hydrogens (primary N) is 1. The van der Waals surface area contributed by atoms with Crippen molar-refractivity contribution in [2.45, 2.75) is 206 Å². The topological polar surface area (TPSA) is 172 Å². The van der Waals surface area contributed by atoms with Gasteiger partial charge in [0, 0.05) is 12.8 Å². The number of rotatable bonds is 42. The first-order valence-electron chi connectivity index (χ1n) is 22.7. The third-order valence-corrected chi connectivity index (χ3v) is 10.5. The molecular formula is C46H82NO10P. The molecule has 0 aromatic carbocycles. The second-order valence-corrected chi connectivity index (χ2v) is 16.6. The van der Waals surface area contributed by atoms with Crippen LogP contribution < -0.4 is 5.73 Å². The van der Waals surface area contributed by atoms with E-state index in [4.69, 9.17) is 24.8 Å². The molecule has 0 saturated carbocycles. The van der Waals surface area contributed by atoms with Gasteiger partial charge in [-0.3, -0.25) is 23.4 Å². The summed E-state index contributed by atoms with van der Waals surface area (Å²) in [6.45, 7) is 2.74. The van der Waals surface area contributed by atoms with Gasteiger partial charge in [0.1, 0.15) is 12.6 Å². The first kappa shape index (κ1) is 55.4. The quantitative estimate of drug-likeness (QED) is 0.0231. The fourth-order valence-corrected chi connectivity index (χ4v) is 6.74. The molecule has 12 heteroatoms. The average molecular weight is 840 g/mol. The summed E-state index contributed by atoms with van der Waals surface area (Å²) in [6.07, 6.45) is 46.1. The van der Waals surface area contributed by atoms with Crippen molar-refractivity contribution in [3.8, 4) is 0 Å². The van der Waals surface area contributed by atoms with Crippen molar-refractivity contribution in [3.63, 3.8) is 0 Å². The first-order valence-corrected chi connectivity index (χ1v) is 24.2. The summed E-state index contributed by atoms with van der Waals surface area (Å²) in [7, 11) is -4.73. The third kappa shape index (κ3) is 40.2. The van der Waals surface area contributed by atoms with Gasteiger partial charge >= 0.3 is 25.7 Å². The standard InChI is InChI=1S/C46H82NO10P/c1-3-5-7-9-11-13-15-17-19-21-23-25-27-29-31-33-35-37-44(48)54-39-42(40-55-58(52,53)56-41-43(47)46(50)51)57-45(49)38-36-34-32-30-28-26-24-22-20-18-16-14-12-10-8-6-4-2/h13,15,18,20,24,26,30,32,42-43H,3-12,14,16-17,19,21-23,25,27-29,31,33-41,47H2,1-2H3,(H,50,51)(H,52,53)/b15-13+,20-18+,26-24+,32-30+/t42-,43+/m1/s1. The van der Waals surface area contributed by atoms with E-state index in [1.54, 1.807) is 0 Å². The Morgan fingerprint density at radius 1 is 0.534 bits per heavy atom. The zero-order valence-corrected chi connectivity index (χ0v) is 37.3. The van der Waals surface area contributed by atoms with E-state index < -0.39 is 51.1 Å². The molecule has 0 aliphatic heterocycles. The SMILES string of the molecule is CCCCCC/C=C/CCCCCCCCCCCC(=O)OC[C@H](COP(=O)(O)OC[C@H](N)C(=O)O)OC(=O)CCC/C=C/C/C=C/C/C=C/CCCCCCCC. The number of carbonyl (C=O) groups is 3. The van der Waals surface area contributed by atoms with E-state index in [-0.39, 0.29) is 19.4 Å². The van der Waals surface area contributed by atoms with Crippen molar-refractivity contribution < 1.29 is 47.5 Å². The molecule has 0 radical (unpaired) electrons. The molecule has 0 spiro atoms. The lowest BCUT2D eigenvalue weighted by molar-refractivity contribution is -0.161. The average Bonchev–Trinajstić information content (AvgIpc) is 3.20. The van der Waals surface area contributed by atoms with Crippen LogP contribution in [-0.4, -0.2) is 59.9 Å². The summed E-state index contributed by atoms with van der Waals surface area (Å²) in [6, 6.07) is -1.53. The number of allylic oxidation sites excluding steroid dienone is 8. The Morgan fingerprint density at radius 3 is 1.45 bits per heavy atom. The predicted octanol–water partition coefficient (Wildman–Crippen LogP) is 12.2. The molecule has 0 aromatic heterocycles. The lowest BCUT2D eigenvalue weighted by Gasteiger charge is -2.20. The highest BCUT2D eigenvalue weighted by molar-refractivity contribution is 7.47. The molecule has 0 heterocycles. The van der Waals surface area contributed by atoms with Crippen LogP contribution in [0.4, 0.5) is 0 Å². The van der Waals surface area contributed by atoms with Gasteiger partial charge in [-0.2, -0.15) is 0 Å². The number of esters is 2. The number of carbonyl (C=O) groups excluding carboxylic acids is 2. The minimum Gasteiger partial charge on any atom is -0.480 e. The summed E-state index contributed by atoms with van der Waals surface area (Å²) in [5.74, 6) is -2.45. The smallest absolute Gasteiger partial charge is 0.472 e. The van der Waals surface area contributed by atoms with Crippen molar-refractivity contribution in [1.82, 2.24) is 0 Å². The van der Waals surface area contributed by atoms with Gasteiger partial charge in [-0.15, -0.1) is 0 Å². The highest BCUT2D eigenvalue weighted by Crippen LogP contribution is 2.43. The van der Waals surface area contributed by atoms with Crippen molar-refractivity contribution in [1.29, 1.82) is 0 Å². The van der Waals surface area contributed by atoms with E-state index in [0.717, 1.165) is 38.5 Å². The second-order valence-electron chi connectivity index (χ2n) is 15.2. The Hall–Kier alpha value is -2.56. The maximum atomic E-state index is 12.6. The summed E-state index contributed by atoms with van der Waals surface area (Å²) in [4.78, 5) is 46.0. The van der Waals surface area contributed by atoms with Crippen LogP contribution in [0, 0.1) is 0 Å². The van der Waals surface area contributed by atoms with E-state index in [1.807, 2.05) is 12.2 Å². The van der Waals surface area contributed by atoms with Gasteiger partial charge in [0.05, 0.1) is 13.2 Å². The minimum atomic E-state index is -4.73. The van der Waals surface area contributed by atoms with Gasteiger partial charge in [-0.1, -0.05) is 159 Å². The lowest BCUT2D eigenvalue weighted by atomic mass is 10.1. The number of phosphoric ester groups is 1. The Bertz CT molecular complexity index is 1170. The molecule has 3 atom stereocenters. The van der Waals surface area contributed by atoms with Gasteiger partial charge < -0.3 is 25.2 Å². The van der Waals surface area contributed by atoms with E-state index in [0.29, 0.717) is 19.3 Å². The number of carboxylic acids is 1. The number of carboxylic acid groups (broad SMARTS) is 1. The third-order valence-electron chi connectivity index (χ3n) is 9.55. The maximum Gasteiger partial charge on any atom is 0.472 e. The zero-order valence-electron chi connectivity index (χ0n) is 36.4. The summed E-state index contributed by atoms with van der Waals surface area (Å²) in [5.41, 5.74) is 5.33. The van der Waals surface area contributed by atoms with Crippen LogP contribution in [0.5, 0.6) is 0 Å². The fraction of sp³-hybridized carbons (Fsp3) is 0.761. The van der Waals surface area contributed by atoms with Crippen molar-refractivity contribution in [2.75, 3.05) is 19.8 Å². The Labute approximate surface area is 352 Å². The fourth-order valence-electron chi connectivity index (χ4n) is 5.96. The van der Waals surface area contributed by atoms with Gasteiger partial charge in [0.25, 0.3) is 0 Å². The summed E-state index contributed by atoms with van der Waals surface area (Å²) >= 11 is 0. The number of hydrogen-bond donors (Lipinski definition) is 3. The van der Waals surface area contributed by atoms with Crippen molar-refractivity contribution >= 4 is 25.7 Å². The lowest BCUT2D eigenvalue weighted by Crippen LogP contribution is -2.34. The highest BCUT2D eigenvalue weighted by Gasteiger charge is 2.28. The number of unbranched alkanes of at least 4 members (excludes halogenated alkanes) is 20. The van der Waals surface area contributed by atoms with Crippen LogP contribution in [0.15, 0.2) is 48.6 Å². The number of ether oxygens (including phenoxy) is 2. The molecule has 58 heavy (non-hydrogen) atoms. The van der Waals surface area contributed by atoms with Gasteiger partial charge in [-0.25, -0.2) is 4.57 Å². The van der Waals surface area contributed by atoms with Crippen LogP contribution in [-0.2, 0) is 37.5 Å². The molecule has 0 aliphatic rings. The molecule has 0 amide bonds. The zero-order chi connectivity index (χ0) is 42.8. The number of aliphatic carboxylic acids is 1. The van der Waals surface area contributed by atoms with Crippen LogP contribution in [0.3, 0.4) is 0 Å². The van der Waals surface area contributed by atoms with Gasteiger partial charge in [0.15, 0.2) is 6.10 Å². The predicted molar refractivity (Wildman–Crippen MR) is 235 cm³/mol. The molecule has 4 N–H and O–H groups in total. The monoisotopic (exact) mass is 840 g/mol. The van der Waals surface area contributed by atoms with E-state index in [1.165, 1.54) is 109 Å². The molecule has 336 valence electrons. The Kier molecular flexibility index (Phi) is 39.4. The molecule has 0 bridgehead atoms. The number of phosphoric acid groups is 1. The normalized spacial score (nSPS) is 14.1. The minimum absolute atomic E-state index is 0.0887. The van der Waals surface area contributed by atoms with E-state index in [9.17, 15) is 23.8 Å². The van der Waals surface area contributed by atoms with Crippen LogP contribution >= 0.6 is 7.82 Å². The van der Waals surface area contributed by atoms with Crippen molar-refractivity contribution in [2.24, 2.45) is 5.73 Å². The summed E-state index contributed by atoms with van der Waals surface area (Å²) < 4.78 is 32.7. The summed E-state index contributed by atoms with van der Waals surface area (Å²) in [5, 5.41) is 8.89. The Morgan fingerprint density at radius 2 is 0.931 bits per heavy atom. The first-order chi connectivity index (χ1) is 28.1. The molecular weight excluding hydrogens is 757 g/mol.